The molecule has 1 nitrogen and oxygen atoms in total. The van der Waals surface area contributed by atoms with Gasteiger partial charge in [0.25, 0.3) is 0 Å². The highest BCUT2D eigenvalue weighted by molar-refractivity contribution is 5.78. The van der Waals surface area contributed by atoms with Gasteiger partial charge in [-0.1, -0.05) is 63.9 Å². The summed E-state index contributed by atoms with van der Waals surface area (Å²) in [7, 11) is 0. The van der Waals surface area contributed by atoms with Crippen LogP contribution in [-0.2, 0) is 11.2 Å². The molecule has 0 aliphatic rings. The van der Waals surface area contributed by atoms with Crippen LogP contribution in [0, 0.1) is 5.41 Å². The summed E-state index contributed by atoms with van der Waals surface area (Å²) < 4.78 is 0. The Morgan fingerprint density at radius 2 is 1.79 bits per heavy atom. The lowest BCUT2D eigenvalue weighted by molar-refractivity contribution is -0.121. The predicted octanol–water partition coefficient (Wildman–Crippen LogP) is 5.18. The zero-order chi connectivity index (χ0) is 14.1. The Labute approximate surface area is 118 Å². The van der Waals surface area contributed by atoms with Crippen molar-refractivity contribution in [2.45, 2.75) is 65.7 Å². The molecule has 0 bridgehead atoms. The molecule has 0 aromatic heterocycles. The molecule has 1 rings (SSSR count). The molecule has 19 heavy (non-hydrogen) atoms. The Morgan fingerprint density at radius 1 is 1.11 bits per heavy atom. The third-order valence-corrected chi connectivity index (χ3v) is 4.01. The van der Waals surface area contributed by atoms with Crippen LogP contribution in [0.5, 0.6) is 0 Å². The average Bonchev–Trinajstić information content (AvgIpc) is 2.44. The second-order valence-corrected chi connectivity index (χ2v) is 5.97. The number of rotatable bonds is 9. The van der Waals surface area contributed by atoms with Crippen LogP contribution in [0.1, 0.15) is 64.9 Å². The Bertz CT molecular complexity index is 369. The lowest BCUT2D eigenvalue weighted by atomic mass is 9.75. The molecule has 0 spiro atoms. The lowest BCUT2D eigenvalue weighted by Gasteiger charge is -2.29. The molecule has 0 radical (unpaired) electrons. The van der Waals surface area contributed by atoms with Crippen molar-refractivity contribution in [3.05, 3.63) is 35.9 Å². The molecular formula is C18H28O. The van der Waals surface area contributed by atoms with Crippen molar-refractivity contribution in [3.63, 3.8) is 0 Å². The lowest BCUT2D eigenvalue weighted by Crippen LogP contribution is -2.21. The minimum Gasteiger partial charge on any atom is -0.300 e. The van der Waals surface area contributed by atoms with Gasteiger partial charge in [0.2, 0.25) is 0 Å². The van der Waals surface area contributed by atoms with Crippen LogP contribution in [-0.4, -0.2) is 5.78 Å². The van der Waals surface area contributed by atoms with Gasteiger partial charge in [-0.2, -0.15) is 0 Å². The summed E-state index contributed by atoms with van der Waals surface area (Å²) in [6.07, 6.45) is 7.22. The molecular weight excluding hydrogens is 232 g/mol. The summed E-state index contributed by atoms with van der Waals surface area (Å²) in [6.45, 7) is 6.48. The number of hydrogen-bond acceptors (Lipinski definition) is 1. The van der Waals surface area contributed by atoms with Crippen molar-refractivity contribution in [2.75, 3.05) is 0 Å². The van der Waals surface area contributed by atoms with Gasteiger partial charge in [0.05, 0.1) is 0 Å². The van der Waals surface area contributed by atoms with Gasteiger partial charge in [0.15, 0.2) is 0 Å². The van der Waals surface area contributed by atoms with E-state index in [4.69, 9.17) is 0 Å². The highest BCUT2D eigenvalue weighted by Gasteiger charge is 2.25. The minimum absolute atomic E-state index is 0.180. The van der Waals surface area contributed by atoms with Crippen molar-refractivity contribution in [1.82, 2.24) is 0 Å². The fourth-order valence-electron chi connectivity index (χ4n) is 2.60. The van der Waals surface area contributed by atoms with Crippen molar-refractivity contribution >= 4 is 5.78 Å². The van der Waals surface area contributed by atoms with E-state index in [0.717, 1.165) is 19.3 Å². The normalized spacial score (nSPS) is 14.1. The van der Waals surface area contributed by atoms with Crippen LogP contribution in [0.2, 0.25) is 0 Å². The van der Waals surface area contributed by atoms with Crippen LogP contribution in [0.25, 0.3) is 0 Å². The molecule has 0 saturated carbocycles. The Kier molecular flexibility index (Phi) is 6.83. The molecule has 0 heterocycles. The summed E-state index contributed by atoms with van der Waals surface area (Å²) in [5, 5.41) is 0. The Hall–Kier alpha value is -1.11. The molecule has 1 heteroatoms. The number of unbranched alkanes of at least 4 members (excludes halogenated alkanes) is 1. The van der Waals surface area contributed by atoms with Gasteiger partial charge < -0.3 is 0 Å². The second kappa shape index (κ2) is 8.14. The van der Waals surface area contributed by atoms with Gasteiger partial charge in [0.1, 0.15) is 5.78 Å². The maximum absolute atomic E-state index is 11.8. The first-order valence-corrected chi connectivity index (χ1v) is 7.65. The molecule has 1 aromatic rings. The van der Waals surface area contributed by atoms with E-state index in [9.17, 15) is 4.79 Å². The maximum Gasteiger partial charge on any atom is 0.133 e. The van der Waals surface area contributed by atoms with E-state index in [1.807, 2.05) is 6.92 Å². The van der Waals surface area contributed by atoms with Crippen molar-refractivity contribution in [3.8, 4) is 0 Å². The third-order valence-electron chi connectivity index (χ3n) is 4.01. The van der Waals surface area contributed by atoms with E-state index in [1.165, 1.54) is 24.8 Å². The van der Waals surface area contributed by atoms with Crippen LogP contribution in [0.3, 0.4) is 0 Å². The van der Waals surface area contributed by atoms with Gasteiger partial charge in [-0.15, -0.1) is 0 Å². The topological polar surface area (TPSA) is 17.1 Å². The van der Waals surface area contributed by atoms with E-state index >= 15 is 0 Å². The molecule has 0 saturated heterocycles. The molecule has 0 aliphatic carbocycles. The molecule has 1 aromatic carbocycles. The number of ketones is 1. The number of benzene rings is 1. The smallest absolute Gasteiger partial charge is 0.133 e. The van der Waals surface area contributed by atoms with Gasteiger partial charge in [-0.05, 0) is 30.2 Å². The molecule has 0 amide bonds. The Balaban J connectivity index is 2.60. The number of hydrogen-bond donors (Lipinski definition) is 0. The molecule has 0 aliphatic heterocycles. The summed E-state index contributed by atoms with van der Waals surface area (Å²) in [6, 6.07) is 10.6. The second-order valence-electron chi connectivity index (χ2n) is 5.97. The largest absolute Gasteiger partial charge is 0.300 e. The van der Waals surface area contributed by atoms with E-state index < -0.39 is 0 Å². The van der Waals surface area contributed by atoms with Crippen LogP contribution in [0.15, 0.2) is 30.3 Å². The van der Waals surface area contributed by atoms with E-state index in [-0.39, 0.29) is 5.41 Å². The van der Waals surface area contributed by atoms with Crippen molar-refractivity contribution < 1.29 is 4.79 Å². The van der Waals surface area contributed by atoms with E-state index in [1.54, 1.807) is 0 Å². The fraction of sp³-hybridized carbons (Fsp3) is 0.611. The summed E-state index contributed by atoms with van der Waals surface area (Å²) in [5.41, 5.74) is 1.56. The highest BCUT2D eigenvalue weighted by atomic mass is 16.1. The zero-order valence-corrected chi connectivity index (χ0v) is 12.7. The molecule has 0 unspecified atom stereocenters. The predicted molar refractivity (Wildman–Crippen MR) is 82.3 cm³/mol. The summed E-state index contributed by atoms with van der Waals surface area (Å²) in [4.78, 5) is 11.8. The monoisotopic (exact) mass is 260 g/mol. The molecule has 0 fully saturated rings. The highest BCUT2D eigenvalue weighted by Crippen LogP contribution is 2.34. The molecule has 0 N–H and O–H groups in total. The molecule has 106 valence electrons. The first-order chi connectivity index (χ1) is 9.09. The minimum atomic E-state index is 0.180. The SMILES string of the molecule is CCCC[C@](C)(CCc1ccccc1)CC(=O)CC. The van der Waals surface area contributed by atoms with Crippen LogP contribution < -0.4 is 0 Å². The standard InChI is InChI=1S/C18H28O/c1-4-6-13-18(3,15-17(19)5-2)14-12-16-10-8-7-9-11-16/h7-11H,4-6,12-15H2,1-3H3/t18-/m1/s1. The first kappa shape index (κ1) is 15.9. The fourth-order valence-corrected chi connectivity index (χ4v) is 2.60. The number of aryl methyl sites for hydroxylation is 1. The van der Waals surface area contributed by atoms with Gasteiger partial charge >= 0.3 is 0 Å². The third kappa shape index (κ3) is 6.04. The quantitative estimate of drug-likeness (QED) is 0.597. The molecule has 1 atom stereocenters. The van der Waals surface area contributed by atoms with Gasteiger partial charge in [-0.25, -0.2) is 0 Å². The van der Waals surface area contributed by atoms with Crippen LogP contribution in [0.4, 0.5) is 0 Å². The van der Waals surface area contributed by atoms with E-state index in [2.05, 4.69) is 44.2 Å². The van der Waals surface area contributed by atoms with Crippen molar-refractivity contribution in [1.29, 1.82) is 0 Å². The number of carbonyl (C=O) groups is 1. The summed E-state index contributed by atoms with van der Waals surface area (Å²) in [5.74, 6) is 0.409. The number of carbonyl (C=O) groups excluding carboxylic acids is 1. The average molecular weight is 260 g/mol. The first-order valence-electron chi connectivity index (χ1n) is 7.65. The summed E-state index contributed by atoms with van der Waals surface area (Å²) >= 11 is 0. The zero-order valence-electron chi connectivity index (χ0n) is 12.7. The van der Waals surface area contributed by atoms with E-state index in [0.29, 0.717) is 12.2 Å². The maximum atomic E-state index is 11.8. The Morgan fingerprint density at radius 3 is 2.37 bits per heavy atom. The van der Waals surface area contributed by atoms with Gasteiger partial charge in [-0.3, -0.25) is 4.79 Å². The van der Waals surface area contributed by atoms with Crippen LogP contribution >= 0.6 is 0 Å². The number of Topliss-reactive ketones (excluding diaryl/α,β-unsaturated/α-hetero) is 1. The van der Waals surface area contributed by atoms with Gasteiger partial charge in [0, 0.05) is 12.8 Å². The van der Waals surface area contributed by atoms with Crippen molar-refractivity contribution in [2.24, 2.45) is 5.41 Å².